The van der Waals surface area contributed by atoms with E-state index in [0.717, 1.165) is 37.2 Å². The topological polar surface area (TPSA) is 26.3 Å². The quantitative estimate of drug-likeness (QED) is 0.137. The van der Waals surface area contributed by atoms with Crippen molar-refractivity contribution >= 4 is 16.5 Å². The predicted octanol–water partition coefficient (Wildman–Crippen LogP) is 8.32. The van der Waals surface area contributed by atoms with Crippen LogP contribution in [0.5, 0.6) is 0 Å². The Labute approximate surface area is 198 Å². The van der Waals surface area contributed by atoms with Gasteiger partial charge in [0.05, 0.1) is 0 Å². The lowest BCUT2D eigenvalue weighted by Gasteiger charge is -2.25. The first-order chi connectivity index (χ1) is 15.0. The molecule has 0 aromatic rings. The van der Waals surface area contributed by atoms with Gasteiger partial charge in [0.2, 0.25) is 10.5 Å². The Morgan fingerprint density at radius 1 is 0.677 bits per heavy atom. The molecule has 0 N–H and O–H groups in total. The highest BCUT2D eigenvalue weighted by Gasteiger charge is 2.22. The average molecular weight is 453 g/mol. The molecule has 3 heteroatoms. The molecular weight excluding hydrogens is 396 g/mol. The van der Waals surface area contributed by atoms with E-state index in [4.69, 9.17) is 4.43 Å². The summed E-state index contributed by atoms with van der Waals surface area (Å²) in [4.78, 5) is 13.0. The summed E-state index contributed by atoms with van der Waals surface area (Å²) in [6.07, 6.45) is 19.5. The number of allylic oxidation sites excluding steroid dienone is 1. The normalized spacial score (nSPS) is 14.3. The molecule has 3 unspecified atom stereocenters. The van der Waals surface area contributed by atoms with E-state index in [1.165, 1.54) is 82.6 Å². The third-order valence-electron chi connectivity index (χ3n) is 7.36. The third kappa shape index (κ3) is 13.5. The van der Waals surface area contributed by atoms with E-state index in [1.54, 1.807) is 0 Å². The predicted molar refractivity (Wildman–Crippen MR) is 141 cm³/mol. The Morgan fingerprint density at radius 2 is 1.10 bits per heavy atom. The van der Waals surface area contributed by atoms with Crippen LogP contribution in [0.15, 0.2) is 11.1 Å². The molecule has 0 radical (unpaired) electrons. The molecule has 0 aromatic carbocycles. The molecule has 0 bridgehead atoms. The molecule has 0 aliphatic rings. The van der Waals surface area contributed by atoms with Crippen LogP contribution in [-0.4, -0.2) is 16.5 Å². The fraction of sp³-hybridized carbons (Fsp3) is 0.893. The van der Waals surface area contributed by atoms with Crippen molar-refractivity contribution in [3.8, 4) is 0 Å². The van der Waals surface area contributed by atoms with E-state index in [9.17, 15) is 4.79 Å². The summed E-state index contributed by atoms with van der Waals surface area (Å²) in [5.74, 6) is 2.15. The minimum atomic E-state index is 0.00250. The van der Waals surface area contributed by atoms with E-state index in [-0.39, 0.29) is 5.97 Å². The van der Waals surface area contributed by atoms with Gasteiger partial charge in [0.15, 0.2) is 0 Å². The van der Waals surface area contributed by atoms with Crippen LogP contribution in [0.1, 0.15) is 144 Å². The highest BCUT2D eigenvalue weighted by molar-refractivity contribution is 6.09. The van der Waals surface area contributed by atoms with Crippen molar-refractivity contribution in [3.63, 3.8) is 0 Å². The summed E-state index contributed by atoms with van der Waals surface area (Å²) in [5.41, 5.74) is 2.52. The molecule has 0 saturated heterocycles. The number of hydrogen-bond donors (Lipinski definition) is 0. The number of unbranched alkanes of at least 4 members (excludes halogenated alkanes) is 3. The van der Waals surface area contributed by atoms with E-state index in [1.807, 2.05) is 0 Å². The molecule has 31 heavy (non-hydrogen) atoms. The molecular formula is C28H56O2Si. The Kier molecular flexibility index (Phi) is 19.7. The Balaban J connectivity index is 5.77. The smallest absolute Gasteiger partial charge is 0.319 e. The Morgan fingerprint density at radius 3 is 1.45 bits per heavy atom. The van der Waals surface area contributed by atoms with Gasteiger partial charge in [-0.1, -0.05) is 124 Å². The monoisotopic (exact) mass is 452 g/mol. The molecule has 0 amide bonds. The zero-order valence-electron chi connectivity index (χ0n) is 22.4. The fourth-order valence-electron chi connectivity index (χ4n) is 4.85. The van der Waals surface area contributed by atoms with Crippen molar-refractivity contribution in [3.05, 3.63) is 11.1 Å². The van der Waals surface area contributed by atoms with Crippen LogP contribution in [0.3, 0.4) is 0 Å². The molecule has 0 heterocycles. The summed E-state index contributed by atoms with van der Waals surface area (Å²) in [5, 5.41) is 0. The average Bonchev–Trinajstić information content (AvgIpc) is 2.80. The van der Waals surface area contributed by atoms with Gasteiger partial charge in [0, 0.05) is 5.57 Å². The van der Waals surface area contributed by atoms with Crippen molar-refractivity contribution in [1.29, 1.82) is 0 Å². The zero-order valence-corrected chi connectivity index (χ0v) is 24.4. The van der Waals surface area contributed by atoms with E-state index in [2.05, 4.69) is 41.5 Å². The summed E-state index contributed by atoms with van der Waals surface area (Å²) < 4.78 is 5.48. The molecule has 0 spiro atoms. The van der Waals surface area contributed by atoms with Gasteiger partial charge in [0.25, 0.3) is 0 Å². The van der Waals surface area contributed by atoms with Crippen molar-refractivity contribution in [2.24, 2.45) is 17.8 Å². The summed E-state index contributed by atoms with van der Waals surface area (Å²) in [6.45, 7) is 13.8. The zero-order chi connectivity index (χ0) is 23.5. The van der Waals surface area contributed by atoms with Crippen LogP contribution >= 0.6 is 0 Å². The summed E-state index contributed by atoms with van der Waals surface area (Å²) in [7, 11) is 0.493. The summed E-state index contributed by atoms with van der Waals surface area (Å²) in [6, 6.07) is 0. The van der Waals surface area contributed by atoms with Gasteiger partial charge in [0.1, 0.15) is 0 Å². The molecule has 2 nitrogen and oxygen atoms in total. The number of carbonyl (C=O) groups excluding carboxylic acids is 1. The van der Waals surface area contributed by atoms with E-state index >= 15 is 0 Å². The van der Waals surface area contributed by atoms with Crippen LogP contribution in [0.4, 0.5) is 0 Å². The SMILES string of the molecule is CCCCC(CC)CCC(C(=O)O[SiH3])=C(CC(CC)CCCC)CC(CC)CCCC. The van der Waals surface area contributed by atoms with Gasteiger partial charge in [-0.05, 0) is 43.4 Å². The molecule has 0 aliphatic carbocycles. The van der Waals surface area contributed by atoms with Crippen LogP contribution in [-0.2, 0) is 9.22 Å². The Bertz CT molecular complexity index is 452. The second-order valence-electron chi connectivity index (χ2n) is 9.77. The first-order valence-electron chi connectivity index (χ1n) is 13.8. The second kappa shape index (κ2) is 20.1. The highest BCUT2D eigenvalue weighted by atomic mass is 28.2. The summed E-state index contributed by atoms with van der Waals surface area (Å²) >= 11 is 0. The maximum absolute atomic E-state index is 13.0. The van der Waals surface area contributed by atoms with Crippen molar-refractivity contribution in [2.75, 3.05) is 0 Å². The minimum Gasteiger partial charge on any atom is -0.525 e. The number of rotatable bonds is 20. The maximum Gasteiger partial charge on any atom is 0.319 e. The number of carbonyl (C=O) groups is 1. The van der Waals surface area contributed by atoms with Crippen LogP contribution in [0, 0.1) is 17.8 Å². The van der Waals surface area contributed by atoms with Crippen LogP contribution in [0.25, 0.3) is 0 Å². The molecule has 0 aliphatic heterocycles. The van der Waals surface area contributed by atoms with Gasteiger partial charge in [-0.25, -0.2) is 4.79 Å². The fourth-order valence-corrected chi connectivity index (χ4v) is 5.10. The van der Waals surface area contributed by atoms with Gasteiger partial charge >= 0.3 is 5.97 Å². The first-order valence-corrected chi connectivity index (χ1v) is 14.6. The van der Waals surface area contributed by atoms with E-state index in [0.29, 0.717) is 22.3 Å². The molecule has 0 fully saturated rings. The molecule has 3 atom stereocenters. The first kappa shape index (κ1) is 30.4. The van der Waals surface area contributed by atoms with Crippen LogP contribution in [0.2, 0.25) is 0 Å². The Hall–Kier alpha value is -0.573. The molecule has 0 rings (SSSR count). The van der Waals surface area contributed by atoms with Gasteiger partial charge in [-0.2, -0.15) is 0 Å². The highest BCUT2D eigenvalue weighted by Crippen LogP contribution is 2.33. The molecule has 184 valence electrons. The largest absolute Gasteiger partial charge is 0.525 e. The van der Waals surface area contributed by atoms with Crippen molar-refractivity contribution in [2.45, 2.75) is 144 Å². The van der Waals surface area contributed by atoms with Gasteiger partial charge in [-0.15, -0.1) is 0 Å². The molecule has 0 saturated carbocycles. The van der Waals surface area contributed by atoms with Crippen LogP contribution < -0.4 is 0 Å². The lowest BCUT2D eigenvalue weighted by Crippen LogP contribution is -2.15. The van der Waals surface area contributed by atoms with Crippen molar-refractivity contribution in [1.82, 2.24) is 0 Å². The standard InChI is InChI=1S/C28H56O2Si/c1-7-13-16-23(10-4)19-20-27(28(29)30-31)26(21-24(11-5)17-14-8-2)22-25(12-6)18-15-9-3/h23-25H,7-22H2,1-6,31H3. The lowest BCUT2D eigenvalue weighted by molar-refractivity contribution is -0.130. The molecule has 0 aromatic heterocycles. The minimum absolute atomic E-state index is 0.00250. The lowest BCUT2D eigenvalue weighted by atomic mass is 9.81. The maximum atomic E-state index is 13.0. The van der Waals surface area contributed by atoms with Gasteiger partial charge in [-0.3, -0.25) is 0 Å². The third-order valence-corrected chi connectivity index (χ3v) is 7.73. The van der Waals surface area contributed by atoms with E-state index < -0.39 is 0 Å². The van der Waals surface area contributed by atoms with Crippen molar-refractivity contribution < 1.29 is 9.22 Å². The second-order valence-corrected chi connectivity index (χ2v) is 10.2. The number of hydrogen-bond acceptors (Lipinski definition) is 2. The van der Waals surface area contributed by atoms with Gasteiger partial charge < -0.3 is 4.43 Å².